The SMILES string of the molecule is C=C(C)[C@@H]1CC[C@]2(C(=O)O)CC[C@]3(CO)[C@H](CC[C@@H]4[C@@]5(C)CC[C@H](O[C@@H]6O[C@H](CO)[C@@H](O)[C@H](O[C@@H]7OC[C@H](O)[C@H](O)[C@H]7O[C@@H]7OC[C@H](O)[C@H](O)[C@H]7O)[C@H]6O)C(C)(C)[C@@H]5CC[C@]43C)[C@@H]12. The molecule has 63 heavy (non-hydrogen) atoms. The fourth-order valence-corrected chi connectivity index (χ4v) is 15.6. The van der Waals surface area contributed by atoms with Crippen LogP contribution in [0.15, 0.2) is 12.2 Å². The molecule has 360 valence electrons. The molecule has 3 saturated heterocycles. The second kappa shape index (κ2) is 17.3. The van der Waals surface area contributed by atoms with Gasteiger partial charge in [0.2, 0.25) is 0 Å². The molecule has 3 heterocycles. The number of rotatable bonds is 10. The van der Waals surface area contributed by atoms with E-state index < -0.39 is 128 Å². The number of carboxylic acids is 1. The van der Waals surface area contributed by atoms with E-state index in [1.807, 2.05) is 6.92 Å². The van der Waals surface area contributed by atoms with Crippen LogP contribution in [-0.2, 0) is 33.2 Å². The van der Waals surface area contributed by atoms with Crippen LogP contribution in [0.3, 0.4) is 0 Å². The highest BCUT2D eigenvalue weighted by molar-refractivity contribution is 5.76. The van der Waals surface area contributed by atoms with E-state index in [1.54, 1.807) is 0 Å². The molecular weight excluding hydrogens is 824 g/mol. The van der Waals surface area contributed by atoms with Crippen LogP contribution in [0.5, 0.6) is 0 Å². The Kier molecular flexibility index (Phi) is 13.2. The Balaban J connectivity index is 1.00. The zero-order chi connectivity index (χ0) is 45.8. The van der Waals surface area contributed by atoms with Crippen LogP contribution >= 0.6 is 0 Å². The van der Waals surface area contributed by atoms with E-state index in [0.717, 1.165) is 44.1 Å². The molecule has 8 rings (SSSR count). The largest absolute Gasteiger partial charge is 0.481 e. The lowest BCUT2D eigenvalue weighted by Gasteiger charge is -2.73. The summed E-state index contributed by atoms with van der Waals surface area (Å²) in [6.07, 6.45) is -12.9. The summed E-state index contributed by atoms with van der Waals surface area (Å²) in [6.45, 7) is 14.0. The fourth-order valence-electron chi connectivity index (χ4n) is 15.6. The van der Waals surface area contributed by atoms with Gasteiger partial charge in [0.25, 0.3) is 0 Å². The lowest BCUT2D eigenvalue weighted by atomic mass is 9.32. The van der Waals surface area contributed by atoms with Crippen molar-refractivity contribution in [3.8, 4) is 0 Å². The van der Waals surface area contributed by atoms with Crippen LogP contribution in [-0.4, -0.2) is 169 Å². The molecule has 0 bridgehead atoms. The second-order valence-corrected chi connectivity index (χ2v) is 21.9. The average Bonchev–Trinajstić information content (AvgIpc) is 3.65. The average molecular weight is 899 g/mol. The molecule has 0 unspecified atom stereocenters. The van der Waals surface area contributed by atoms with Gasteiger partial charge in [0.15, 0.2) is 18.9 Å². The molecule has 0 aromatic carbocycles. The summed E-state index contributed by atoms with van der Waals surface area (Å²) in [5.41, 5.74) is -1.03. The number of hydrogen-bond donors (Lipinski definition) is 10. The molecule has 5 aliphatic carbocycles. The van der Waals surface area contributed by atoms with E-state index in [0.29, 0.717) is 25.7 Å². The number of aliphatic hydroxyl groups is 9. The molecule has 0 amide bonds. The van der Waals surface area contributed by atoms with Crippen molar-refractivity contribution in [2.24, 2.45) is 56.7 Å². The number of carboxylic acid groups (broad SMARTS) is 1. The van der Waals surface area contributed by atoms with Gasteiger partial charge in [-0.1, -0.05) is 39.8 Å². The molecule has 0 aromatic rings. The topological polar surface area (TPSA) is 275 Å². The van der Waals surface area contributed by atoms with Gasteiger partial charge < -0.3 is 79.5 Å². The van der Waals surface area contributed by atoms with E-state index in [4.69, 9.17) is 28.4 Å². The van der Waals surface area contributed by atoms with Gasteiger partial charge in [0, 0.05) is 12.0 Å². The zero-order valence-electron chi connectivity index (χ0n) is 37.4. The summed E-state index contributed by atoms with van der Waals surface area (Å²) in [5.74, 6) is -0.157. The quantitative estimate of drug-likeness (QED) is 0.107. The Morgan fingerprint density at radius 1 is 0.683 bits per heavy atom. The third kappa shape index (κ3) is 7.32. The third-order valence-electron chi connectivity index (χ3n) is 19.0. The van der Waals surface area contributed by atoms with Crippen LogP contribution in [0.2, 0.25) is 0 Å². The fraction of sp³-hybridized carbons (Fsp3) is 0.935. The number of aliphatic carboxylic acids is 1. The first-order valence-electron chi connectivity index (χ1n) is 23.4. The first-order valence-corrected chi connectivity index (χ1v) is 23.4. The monoisotopic (exact) mass is 898 g/mol. The van der Waals surface area contributed by atoms with Crippen molar-refractivity contribution < 1.29 is 84.3 Å². The highest BCUT2D eigenvalue weighted by Crippen LogP contribution is 2.77. The van der Waals surface area contributed by atoms with Crippen LogP contribution in [0.25, 0.3) is 0 Å². The molecule has 3 aliphatic heterocycles. The minimum atomic E-state index is -1.74. The third-order valence-corrected chi connectivity index (χ3v) is 19.0. The molecule has 0 spiro atoms. The lowest BCUT2D eigenvalue weighted by Crippen LogP contribution is -2.69. The van der Waals surface area contributed by atoms with Crippen LogP contribution in [0.1, 0.15) is 98.8 Å². The van der Waals surface area contributed by atoms with Gasteiger partial charge in [-0.05, 0) is 117 Å². The van der Waals surface area contributed by atoms with E-state index >= 15 is 0 Å². The Labute approximate surface area is 369 Å². The first-order chi connectivity index (χ1) is 29.6. The molecule has 5 saturated carbocycles. The Morgan fingerprint density at radius 2 is 1.35 bits per heavy atom. The van der Waals surface area contributed by atoms with Crippen molar-refractivity contribution in [1.29, 1.82) is 0 Å². The van der Waals surface area contributed by atoms with Gasteiger partial charge in [0.1, 0.15) is 61.0 Å². The highest BCUT2D eigenvalue weighted by Gasteiger charge is 2.73. The molecule has 0 radical (unpaired) electrons. The van der Waals surface area contributed by atoms with Gasteiger partial charge in [-0.15, -0.1) is 0 Å². The van der Waals surface area contributed by atoms with Crippen molar-refractivity contribution in [3.05, 3.63) is 12.2 Å². The van der Waals surface area contributed by atoms with Crippen molar-refractivity contribution >= 4 is 5.97 Å². The first kappa shape index (κ1) is 48.1. The maximum Gasteiger partial charge on any atom is 0.309 e. The van der Waals surface area contributed by atoms with Crippen LogP contribution in [0, 0.1) is 56.7 Å². The summed E-state index contributed by atoms with van der Waals surface area (Å²) in [4.78, 5) is 13.1. The predicted molar refractivity (Wildman–Crippen MR) is 220 cm³/mol. The number of carbonyl (C=O) groups is 1. The van der Waals surface area contributed by atoms with Crippen molar-refractivity contribution in [3.63, 3.8) is 0 Å². The smallest absolute Gasteiger partial charge is 0.309 e. The molecule has 8 aliphatic rings. The zero-order valence-corrected chi connectivity index (χ0v) is 37.4. The lowest BCUT2D eigenvalue weighted by molar-refractivity contribution is -0.379. The predicted octanol–water partition coefficient (Wildman–Crippen LogP) is 0.813. The highest BCUT2D eigenvalue weighted by atomic mass is 16.8. The Bertz CT molecular complexity index is 1680. The number of hydrogen-bond acceptors (Lipinski definition) is 16. The number of allylic oxidation sites excluding steroid dienone is 1. The van der Waals surface area contributed by atoms with E-state index in [1.165, 1.54) is 0 Å². The van der Waals surface area contributed by atoms with Crippen LogP contribution < -0.4 is 0 Å². The normalized spacial score (nSPS) is 54.3. The van der Waals surface area contributed by atoms with Crippen molar-refractivity contribution in [2.75, 3.05) is 26.4 Å². The molecule has 10 N–H and O–H groups in total. The Hall–Kier alpha value is -1.39. The van der Waals surface area contributed by atoms with Gasteiger partial charge in [0.05, 0.1) is 31.3 Å². The number of ether oxygens (including phenoxy) is 6. The summed E-state index contributed by atoms with van der Waals surface area (Å²) < 4.78 is 35.7. The molecule has 17 nitrogen and oxygen atoms in total. The summed E-state index contributed by atoms with van der Waals surface area (Å²) in [7, 11) is 0. The molecule has 17 heteroatoms. The minimum Gasteiger partial charge on any atom is -0.481 e. The van der Waals surface area contributed by atoms with Gasteiger partial charge >= 0.3 is 5.97 Å². The molecule has 0 aromatic heterocycles. The van der Waals surface area contributed by atoms with Gasteiger partial charge in [-0.25, -0.2) is 0 Å². The van der Waals surface area contributed by atoms with Gasteiger partial charge in [-0.3, -0.25) is 4.79 Å². The molecule has 8 fully saturated rings. The summed E-state index contributed by atoms with van der Waals surface area (Å²) in [5, 5.41) is 108. The van der Waals surface area contributed by atoms with E-state index in [-0.39, 0.29) is 47.0 Å². The summed E-state index contributed by atoms with van der Waals surface area (Å²) in [6, 6.07) is 0. The Morgan fingerprint density at radius 3 is 2.00 bits per heavy atom. The molecular formula is C46H74O17. The van der Waals surface area contributed by atoms with Crippen molar-refractivity contribution in [1.82, 2.24) is 0 Å². The van der Waals surface area contributed by atoms with Crippen LogP contribution in [0.4, 0.5) is 0 Å². The summed E-state index contributed by atoms with van der Waals surface area (Å²) >= 11 is 0. The second-order valence-electron chi connectivity index (χ2n) is 21.9. The van der Waals surface area contributed by atoms with Gasteiger partial charge in [-0.2, -0.15) is 0 Å². The maximum absolute atomic E-state index is 13.1. The number of fused-ring (bicyclic) bond motifs is 7. The van der Waals surface area contributed by atoms with E-state index in [9.17, 15) is 55.9 Å². The van der Waals surface area contributed by atoms with Crippen molar-refractivity contribution in [2.45, 2.75) is 185 Å². The maximum atomic E-state index is 13.1. The molecule has 23 atom stereocenters. The minimum absolute atomic E-state index is 0.0234. The standard InChI is InChI=1S/C46H74O17/c1-21(2)22-9-14-45(41(56)57)15-16-46(20-48)23(30(22)45)7-8-28-43(5)12-11-29(42(3,4)27(43)10-13-44(28,46)6)61-39-35(55)36(33(53)26(17-47)60-39)62-40-37(32(52)25(50)19-59-40)63-38-34(54)31(51)24(49)18-58-38/h22-40,47-55H,1,7-20H2,2-6H3,(H,56,57)/t22-,23+,24-,25-,26+,27-,28+,29-,30+,31-,32-,33+,34+,35+,36-,37+,38-,39-,40-,43-,44+,45-,46-/m0/s1. The van der Waals surface area contributed by atoms with E-state index in [2.05, 4.69) is 34.3 Å². The number of aliphatic hydroxyl groups excluding tert-OH is 9.